The molecule has 0 atom stereocenters. The Kier molecular flexibility index (Phi) is 3.77. The van der Waals surface area contributed by atoms with Crippen LogP contribution in [0.15, 0.2) is 0 Å². The minimum Gasteiger partial charge on any atom is -0.366 e. The Morgan fingerprint density at radius 3 is 1.25 bits per heavy atom. The highest BCUT2D eigenvalue weighted by molar-refractivity contribution is 6.68. The fraction of sp³-hybridized carbons (Fsp3) is 1.00. The summed E-state index contributed by atoms with van der Waals surface area (Å²) in [7, 11) is 0. The second-order valence-corrected chi connectivity index (χ2v) is 6.50. The van der Waals surface area contributed by atoms with E-state index in [0.29, 0.717) is 0 Å². The number of rotatable bonds is 1. The molecular formula is C8H15Cl3O. The van der Waals surface area contributed by atoms with Gasteiger partial charge in [0.05, 0.1) is 5.60 Å². The standard InChI is InChI=1S/C8H15Cl3O/c1-6(2,3)12-7(4,5)8(9,10)11/h1-5H3. The van der Waals surface area contributed by atoms with Crippen LogP contribution in [0.3, 0.4) is 0 Å². The van der Waals surface area contributed by atoms with E-state index < -0.39 is 9.39 Å². The molecule has 0 spiro atoms. The van der Waals surface area contributed by atoms with Gasteiger partial charge >= 0.3 is 0 Å². The van der Waals surface area contributed by atoms with Crippen molar-refractivity contribution in [3.8, 4) is 0 Å². The summed E-state index contributed by atoms with van der Waals surface area (Å²) in [6, 6.07) is 0. The number of ether oxygens (including phenoxy) is 1. The molecule has 0 aromatic rings. The Bertz CT molecular complexity index is 153. The number of hydrogen-bond acceptors (Lipinski definition) is 1. The monoisotopic (exact) mass is 232 g/mol. The SMILES string of the molecule is CC(C)(C)OC(C)(C)C(Cl)(Cl)Cl. The maximum Gasteiger partial charge on any atom is 0.218 e. The van der Waals surface area contributed by atoms with E-state index in [-0.39, 0.29) is 5.60 Å². The van der Waals surface area contributed by atoms with Crippen LogP contribution in [0.5, 0.6) is 0 Å². The summed E-state index contributed by atoms with van der Waals surface area (Å²) in [5.74, 6) is 0. The molecule has 0 aromatic heterocycles. The molecule has 0 heterocycles. The van der Waals surface area contributed by atoms with Gasteiger partial charge in [0.2, 0.25) is 3.79 Å². The average molecular weight is 234 g/mol. The third-order valence-corrected chi connectivity index (χ3v) is 2.61. The molecule has 0 aliphatic heterocycles. The average Bonchev–Trinajstić information content (AvgIpc) is 1.52. The first kappa shape index (κ1) is 12.8. The highest BCUT2D eigenvalue weighted by Gasteiger charge is 2.43. The van der Waals surface area contributed by atoms with Crippen LogP contribution in [0.1, 0.15) is 34.6 Å². The second kappa shape index (κ2) is 3.53. The lowest BCUT2D eigenvalue weighted by atomic mass is 10.1. The Balaban J connectivity index is 4.44. The number of alkyl halides is 3. The smallest absolute Gasteiger partial charge is 0.218 e. The molecule has 0 unspecified atom stereocenters. The maximum atomic E-state index is 5.74. The van der Waals surface area contributed by atoms with E-state index in [4.69, 9.17) is 39.5 Å². The van der Waals surface area contributed by atoms with Gasteiger partial charge in [-0.3, -0.25) is 0 Å². The van der Waals surface area contributed by atoms with Gasteiger partial charge in [-0.15, -0.1) is 0 Å². The summed E-state index contributed by atoms with van der Waals surface area (Å²) in [4.78, 5) is 0. The molecule has 0 amide bonds. The molecular weight excluding hydrogens is 218 g/mol. The Hall–Kier alpha value is 0.830. The van der Waals surface area contributed by atoms with Crippen molar-refractivity contribution in [1.29, 1.82) is 0 Å². The highest BCUT2D eigenvalue weighted by atomic mass is 35.6. The van der Waals surface area contributed by atoms with Crippen molar-refractivity contribution in [3.05, 3.63) is 0 Å². The summed E-state index contributed by atoms with van der Waals surface area (Å²) < 4.78 is 4.19. The molecule has 0 radical (unpaired) electrons. The Morgan fingerprint density at radius 2 is 1.17 bits per heavy atom. The first-order chi connectivity index (χ1) is 4.96. The molecule has 12 heavy (non-hydrogen) atoms. The van der Waals surface area contributed by atoms with Crippen LogP contribution in [0.25, 0.3) is 0 Å². The minimum absolute atomic E-state index is 0.312. The van der Waals surface area contributed by atoms with Gasteiger partial charge in [-0.05, 0) is 34.6 Å². The zero-order chi connectivity index (χ0) is 10.2. The highest BCUT2D eigenvalue weighted by Crippen LogP contribution is 2.42. The molecule has 1 nitrogen and oxygen atoms in total. The van der Waals surface area contributed by atoms with E-state index in [9.17, 15) is 0 Å². The molecule has 0 fully saturated rings. The zero-order valence-corrected chi connectivity index (χ0v) is 10.3. The van der Waals surface area contributed by atoms with Gasteiger partial charge in [-0.2, -0.15) is 0 Å². The van der Waals surface area contributed by atoms with Crippen LogP contribution in [-0.4, -0.2) is 15.0 Å². The summed E-state index contributed by atoms with van der Waals surface area (Å²) in [5.41, 5.74) is -1.09. The second-order valence-electron chi connectivity index (χ2n) is 4.22. The number of hydrogen-bond donors (Lipinski definition) is 0. The van der Waals surface area contributed by atoms with Gasteiger partial charge in [-0.1, -0.05) is 34.8 Å². The molecule has 0 bridgehead atoms. The van der Waals surface area contributed by atoms with Crippen LogP contribution in [0, 0.1) is 0 Å². The largest absolute Gasteiger partial charge is 0.366 e. The lowest BCUT2D eigenvalue weighted by Gasteiger charge is -2.38. The van der Waals surface area contributed by atoms with Crippen molar-refractivity contribution in [1.82, 2.24) is 0 Å². The molecule has 0 rings (SSSR count). The predicted octanol–water partition coefficient (Wildman–Crippen LogP) is 3.95. The first-order valence-electron chi connectivity index (χ1n) is 3.73. The van der Waals surface area contributed by atoms with Crippen molar-refractivity contribution < 1.29 is 4.74 Å². The van der Waals surface area contributed by atoms with Gasteiger partial charge in [0.15, 0.2) is 0 Å². The normalized spacial score (nSPS) is 15.0. The summed E-state index contributed by atoms with van der Waals surface area (Å²) in [6.07, 6.45) is 0. The maximum absolute atomic E-state index is 5.74. The molecule has 0 aliphatic carbocycles. The van der Waals surface area contributed by atoms with E-state index in [1.807, 2.05) is 20.8 Å². The van der Waals surface area contributed by atoms with E-state index >= 15 is 0 Å². The van der Waals surface area contributed by atoms with Gasteiger partial charge in [0, 0.05) is 0 Å². The molecule has 0 N–H and O–H groups in total. The van der Waals surface area contributed by atoms with Gasteiger partial charge < -0.3 is 4.74 Å². The van der Waals surface area contributed by atoms with Crippen LogP contribution < -0.4 is 0 Å². The summed E-state index contributed by atoms with van der Waals surface area (Å²) >= 11 is 17.2. The quantitative estimate of drug-likeness (QED) is 0.623. The van der Waals surface area contributed by atoms with E-state index in [1.54, 1.807) is 13.8 Å². The van der Waals surface area contributed by atoms with Crippen molar-refractivity contribution in [2.45, 2.75) is 49.6 Å². The molecule has 74 valence electrons. The Morgan fingerprint density at radius 1 is 0.833 bits per heavy atom. The molecule has 0 saturated carbocycles. The van der Waals surface area contributed by atoms with E-state index in [2.05, 4.69) is 0 Å². The topological polar surface area (TPSA) is 9.23 Å². The molecule has 0 aliphatic rings. The summed E-state index contributed by atoms with van der Waals surface area (Å²) in [6.45, 7) is 9.28. The minimum atomic E-state index is -1.40. The van der Waals surface area contributed by atoms with Crippen molar-refractivity contribution in [2.75, 3.05) is 0 Å². The lowest BCUT2D eigenvalue weighted by molar-refractivity contribution is -0.110. The van der Waals surface area contributed by atoms with E-state index in [1.165, 1.54) is 0 Å². The van der Waals surface area contributed by atoms with Gasteiger partial charge in [0.25, 0.3) is 0 Å². The van der Waals surface area contributed by atoms with Crippen molar-refractivity contribution in [2.24, 2.45) is 0 Å². The predicted molar refractivity (Wildman–Crippen MR) is 55.2 cm³/mol. The van der Waals surface area contributed by atoms with Crippen LogP contribution >= 0.6 is 34.8 Å². The fourth-order valence-electron chi connectivity index (χ4n) is 0.823. The third kappa shape index (κ3) is 4.18. The van der Waals surface area contributed by atoms with E-state index in [0.717, 1.165) is 0 Å². The van der Waals surface area contributed by atoms with Crippen LogP contribution in [0.4, 0.5) is 0 Å². The van der Waals surface area contributed by atoms with Crippen LogP contribution in [0.2, 0.25) is 0 Å². The summed E-state index contributed by atoms with van der Waals surface area (Å²) in [5, 5.41) is 0. The Labute approximate surface area is 89.3 Å². The molecule has 0 saturated heterocycles. The lowest BCUT2D eigenvalue weighted by Crippen LogP contribution is -2.44. The van der Waals surface area contributed by atoms with Gasteiger partial charge in [0.1, 0.15) is 5.60 Å². The first-order valence-corrected chi connectivity index (χ1v) is 4.86. The van der Waals surface area contributed by atoms with Crippen molar-refractivity contribution in [3.63, 3.8) is 0 Å². The molecule has 4 heteroatoms. The number of halogens is 3. The van der Waals surface area contributed by atoms with Gasteiger partial charge in [-0.25, -0.2) is 0 Å². The fourth-order valence-corrected chi connectivity index (χ4v) is 0.939. The van der Waals surface area contributed by atoms with Crippen molar-refractivity contribution >= 4 is 34.8 Å². The van der Waals surface area contributed by atoms with Crippen LogP contribution in [-0.2, 0) is 4.74 Å². The zero-order valence-electron chi connectivity index (χ0n) is 8.04. The molecule has 0 aromatic carbocycles. The third-order valence-electron chi connectivity index (χ3n) is 1.24.